The van der Waals surface area contributed by atoms with Crippen LogP contribution in [0.5, 0.6) is 5.88 Å². The monoisotopic (exact) mass is 353 g/mol. The number of rotatable bonds is 5. The van der Waals surface area contributed by atoms with Gasteiger partial charge in [-0.2, -0.15) is 0 Å². The maximum atomic E-state index is 5.90. The van der Waals surface area contributed by atoms with Gasteiger partial charge in [0.1, 0.15) is 6.61 Å². The molecule has 0 bridgehead atoms. The number of hydrogen-bond donors (Lipinski definition) is 0. The van der Waals surface area contributed by atoms with Crippen molar-refractivity contribution >= 4 is 10.9 Å². The molecule has 1 aromatic heterocycles. The fraction of sp³-hybridized carbons (Fsp3) is 0.160. The predicted octanol–water partition coefficient (Wildman–Crippen LogP) is 6.60. The molecule has 27 heavy (non-hydrogen) atoms. The van der Waals surface area contributed by atoms with Gasteiger partial charge in [-0.05, 0) is 40.3 Å². The van der Waals surface area contributed by atoms with Gasteiger partial charge in [-0.25, -0.2) is 4.98 Å². The van der Waals surface area contributed by atoms with Gasteiger partial charge in [-0.3, -0.25) is 0 Å². The predicted molar refractivity (Wildman–Crippen MR) is 112 cm³/mol. The molecule has 134 valence electrons. The van der Waals surface area contributed by atoms with Gasteiger partial charge in [-0.1, -0.05) is 80.6 Å². The van der Waals surface area contributed by atoms with E-state index in [0.29, 0.717) is 18.4 Å². The molecule has 0 radical (unpaired) electrons. The van der Waals surface area contributed by atoms with Gasteiger partial charge in [0.15, 0.2) is 0 Å². The molecule has 4 aromatic rings. The van der Waals surface area contributed by atoms with E-state index >= 15 is 0 Å². The first kappa shape index (κ1) is 17.3. The number of hydrogen-bond acceptors (Lipinski definition) is 2. The van der Waals surface area contributed by atoms with Crippen molar-refractivity contribution in [2.75, 3.05) is 0 Å². The Balaban J connectivity index is 1.49. The van der Waals surface area contributed by atoms with E-state index in [9.17, 15) is 0 Å². The van der Waals surface area contributed by atoms with Crippen molar-refractivity contribution in [3.05, 3.63) is 96.1 Å². The highest BCUT2D eigenvalue weighted by atomic mass is 16.5. The fourth-order valence-corrected chi connectivity index (χ4v) is 3.33. The number of aromatic nitrogens is 1. The maximum Gasteiger partial charge on any atom is 0.214 e. The molecule has 0 spiro atoms. The molecule has 0 amide bonds. The molecule has 0 aliphatic heterocycles. The Morgan fingerprint density at radius 3 is 2.33 bits per heavy atom. The van der Waals surface area contributed by atoms with E-state index < -0.39 is 0 Å². The lowest BCUT2D eigenvalue weighted by molar-refractivity contribution is 0.295. The summed E-state index contributed by atoms with van der Waals surface area (Å²) in [5.41, 5.74) is 6.01. The Labute approximate surface area is 160 Å². The normalized spacial score (nSPS) is 11.1. The summed E-state index contributed by atoms with van der Waals surface area (Å²) in [6, 6.07) is 29.3. The van der Waals surface area contributed by atoms with E-state index in [1.807, 2.05) is 30.3 Å². The van der Waals surface area contributed by atoms with Crippen molar-refractivity contribution in [1.82, 2.24) is 4.98 Å². The molecular weight excluding hydrogens is 330 g/mol. The van der Waals surface area contributed by atoms with Gasteiger partial charge in [0.25, 0.3) is 0 Å². The first-order valence-electron chi connectivity index (χ1n) is 9.37. The molecule has 0 saturated heterocycles. The number of ether oxygens (including phenoxy) is 1. The molecule has 0 unspecified atom stereocenters. The number of nitrogens with zero attached hydrogens (tertiary/aromatic N) is 1. The second-order valence-electron chi connectivity index (χ2n) is 7.07. The third kappa shape index (κ3) is 3.85. The van der Waals surface area contributed by atoms with Crippen LogP contribution in [-0.4, -0.2) is 4.98 Å². The van der Waals surface area contributed by atoms with Gasteiger partial charge < -0.3 is 4.74 Å². The summed E-state index contributed by atoms with van der Waals surface area (Å²) in [5.74, 6) is 1.16. The van der Waals surface area contributed by atoms with E-state index in [2.05, 4.69) is 73.4 Å². The zero-order valence-corrected chi connectivity index (χ0v) is 15.7. The number of benzene rings is 3. The fourth-order valence-electron chi connectivity index (χ4n) is 3.33. The van der Waals surface area contributed by atoms with Crippen LogP contribution in [0.25, 0.3) is 22.0 Å². The largest absolute Gasteiger partial charge is 0.473 e. The summed E-state index contributed by atoms with van der Waals surface area (Å²) in [4.78, 5) is 4.56. The minimum absolute atomic E-state index is 0.503. The quantitative estimate of drug-likeness (QED) is 0.403. The average molecular weight is 353 g/mol. The zero-order valence-electron chi connectivity index (χ0n) is 15.7. The minimum atomic E-state index is 0.503. The molecule has 4 rings (SSSR count). The van der Waals surface area contributed by atoms with Crippen LogP contribution < -0.4 is 4.74 Å². The lowest BCUT2D eigenvalue weighted by Crippen LogP contribution is -1.98. The van der Waals surface area contributed by atoms with Gasteiger partial charge in [0.2, 0.25) is 5.88 Å². The number of para-hydroxylation sites is 1. The van der Waals surface area contributed by atoms with Crippen LogP contribution in [0, 0.1) is 0 Å². The Kier molecular flexibility index (Phi) is 4.88. The molecule has 0 saturated carbocycles. The molecule has 0 aliphatic carbocycles. The van der Waals surface area contributed by atoms with E-state index in [4.69, 9.17) is 4.74 Å². The van der Waals surface area contributed by atoms with Crippen molar-refractivity contribution in [2.24, 2.45) is 0 Å². The Hall–Kier alpha value is -3.13. The topological polar surface area (TPSA) is 22.1 Å². The van der Waals surface area contributed by atoms with E-state index in [-0.39, 0.29) is 0 Å². The highest BCUT2D eigenvalue weighted by Crippen LogP contribution is 2.29. The summed E-state index contributed by atoms with van der Waals surface area (Å²) < 4.78 is 5.90. The van der Waals surface area contributed by atoms with Crippen molar-refractivity contribution < 1.29 is 4.74 Å². The summed E-state index contributed by atoms with van der Waals surface area (Å²) >= 11 is 0. The van der Waals surface area contributed by atoms with Crippen LogP contribution >= 0.6 is 0 Å². The first-order chi connectivity index (χ1) is 13.2. The second kappa shape index (κ2) is 7.63. The molecule has 2 nitrogen and oxygen atoms in total. The van der Waals surface area contributed by atoms with Gasteiger partial charge in [0, 0.05) is 11.5 Å². The molecular formula is C25H23NO. The highest BCUT2D eigenvalue weighted by molar-refractivity contribution is 5.78. The van der Waals surface area contributed by atoms with Crippen LogP contribution in [-0.2, 0) is 6.61 Å². The van der Waals surface area contributed by atoms with Gasteiger partial charge >= 0.3 is 0 Å². The zero-order chi connectivity index (χ0) is 18.6. The molecule has 0 aliphatic rings. The summed E-state index contributed by atoms with van der Waals surface area (Å²) in [6.45, 7) is 4.98. The summed E-state index contributed by atoms with van der Waals surface area (Å²) in [6.07, 6.45) is 0. The van der Waals surface area contributed by atoms with Gasteiger partial charge in [0.05, 0.1) is 5.52 Å². The lowest BCUT2D eigenvalue weighted by atomic mass is 9.92. The third-order valence-electron chi connectivity index (χ3n) is 4.81. The highest BCUT2D eigenvalue weighted by Gasteiger charge is 2.08. The summed E-state index contributed by atoms with van der Waals surface area (Å²) in [5, 5.41) is 1.12. The van der Waals surface area contributed by atoms with Crippen molar-refractivity contribution in [2.45, 2.75) is 26.4 Å². The van der Waals surface area contributed by atoms with Crippen molar-refractivity contribution in [1.29, 1.82) is 0 Å². The Bertz CT molecular complexity index is 1050. The molecule has 2 heteroatoms. The summed E-state index contributed by atoms with van der Waals surface area (Å²) in [7, 11) is 0. The van der Waals surface area contributed by atoms with Crippen molar-refractivity contribution in [3.8, 4) is 17.0 Å². The molecule has 0 fully saturated rings. The Morgan fingerprint density at radius 1 is 0.778 bits per heavy atom. The second-order valence-corrected chi connectivity index (χ2v) is 7.07. The smallest absolute Gasteiger partial charge is 0.214 e. The molecule has 3 aromatic carbocycles. The van der Waals surface area contributed by atoms with Crippen molar-refractivity contribution in [3.63, 3.8) is 0 Å². The Morgan fingerprint density at radius 2 is 1.52 bits per heavy atom. The van der Waals surface area contributed by atoms with Crippen LogP contribution in [0.15, 0.2) is 84.9 Å². The van der Waals surface area contributed by atoms with Crippen LogP contribution in [0.1, 0.15) is 30.9 Å². The van der Waals surface area contributed by atoms with Crippen LogP contribution in [0.2, 0.25) is 0 Å². The van der Waals surface area contributed by atoms with Crippen LogP contribution in [0.3, 0.4) is 0 Å². The molecule has 0 atom stereocenters. The lowest BCUT2D eigenvalue weighted by Gasteiger charge is -2.13. The van der Waals surface area contributed by atoms with E-state index in [1.165, 1.54) is 16.7 Å². The number of fused-ring (bicyclic) bond motifs is 1. The standard InChI is InChI=1S/C25H23NO/c1-18(2)22-8-4-5-9-23(22)20-13-11-19(12-14-20)17-27-25-16-15-21-7-3-6-10-24(21)26-25/h3-16,18H,17H2,1-2H3. The van der Waals surface area contributed by atoms with E-state index in [0.717, 1.165) is 16.5 Å². The molecule has 1 heterocycles. The SMILES string of the molecule is CC(C)c1ccccc1-c1ccc(COc2ccc3ccccc3n2)cc1. The third-order valence-corrected chi connectivity index (χ3v) is 4.81. The number of pyridine rings is 1. The van der Waals surface area contributed by atoms with E-state index in [1.54, 1.807) is 0 Å². The maximum absolute atomic E-state index is 5.90. The average Bonchev–Trinajstić information content (AvgIpc) is 2.72. The minimum Gasteiger partial charge on any atom is -0.473 e. The first-order valence-corrected chi connectivity index (χ1v) is 9.37. The van der Waals surface area contributed by atoms with Gasteiger partial charge in [-0.15, -0.1) is 0 Å². The van der Waals surface area contributed by atoms with Crippen LogP contribution in [0.4, 0.5) is 0 Å². The molecule has 0 N–H and O–H groups in total.